The van der Waals surface area contributed by atoms with Crippen LogP contribution >= 0.6 is 66.4 Å². The van der Waals surface area contributed by atoms with Crippen LogP contribution in [0.1, 0.15) is 5.56 Å². The summed E-state index contributed by atoms with van der Waals surface area (Å²) in [7, 11) is 0. The van der Waals surface area contributed by atoms with Crippen molar-refractivity contribution in [2.45, 2.75) is 6.42 Å². The third kappa shape index (κ3) is 3.36. The predicted octanol–water partition coefficient (Wildman–Crippen LogP) is 3.01. The van der Waals surface area contributed by atoms with E-state index in [0.717, 1.165) is 7.14 Å². The fraction of sp³-hybridized carbons (Fsp3) is 0.125. The van der Waals surface area contributed by atoms with E-state index in [9.17, 15) is 7.86 Å². The van der Waals surface area contributed by atoms with Gasteiger partial charge in [-0.05, 0) is 62.9 Å². The van der Waals surface area contributed by atoms with E-state index >= 15 is 0 Å². The monoisotopic (exact) mass is 530 g/mol. The average molecular weight is 530 g/mol. The molecule has 0 saturated heterocycles. The number of halogens is 3. The Balaban J connectivity index is 3.24. The molecule has 0 amide bonds. The van der Waals surface area contributed by atoms with Crippen LogP contribution in [0, 0.1) is 10.7 Å². The minimum Gasteiger partial charge on any atom is -0.481 e. The van der Waals surface area contributed by atoms with E-state index in [1.165, 1.54) is 0 Å². The Kier molecular flexibility index (Phi) is 5.17. The second kappa shape index (κ2) is 5.68. The molecule has 0 radical (unpaired) electrons. The SMILES string of the molecule is O=Ic1c(I)cc(I)cc1CC(=O)O. The highest BCUT2D eigenvalue weighted by Crippen LogP contribution is 2.25. The van der Waals surface area contributed by atoms with Gasteiger partial charge in [0.25, 0.3) is 0 Å². The Hall–Kier alpha value is 0.680. The van der Waals surface area contributed by atoms with Gasteiger partial charge >= 0.3 is 5.97 Å². The first-order valence-corrected chi connectivity index (χ1v) is 7.63. The summed E-state index contributed by atoms with van der Waals surface area (Å²) in [5.74, 6) is -0.887. The van der Waals surface area contributed by atoms with Crippen molar-refractivity contribution >= 4 is 72.3 Å². The van der Waals surface area contributed by atoms with Crippen LogP contribution < -0.4 is 0 Å². The van der Waals surface area contributed by atoms with E-state index in [0.29, 0.717) is 9.13 Å². The van der Waals surface area contributed by atoms with Crippen LogP contribution in [-0.4, -0.2) is 11.1 Å². The predicted molar refractivity (Wildman–Crippen MR) is 76.6 cm³/mol. The van der Waals surface area contributed by atoms with Crippen molar-refractivity contribution in [2.24, 2.45) is 0 Å². The molecule has 0 unspecified atom stereocenters. The van der Waals surface area contributed by atoms with Crippen molar-refractivity contribution in [3.8, 4) is 0 Å². The van der Waals surface area contributed by atoms with E-state index < -0.39 is 27.2 Å². The van der Waals surface area contributed by atoms with Gasteiger partial charge in [0.2, 0.25) is 0 Å². The zero-order valence-electron chi connectivity index (χ0n) is 6.76. The molecule has 1 aromatic carbocycles. The van der Waals surface area contributed by atoms with Crippen LogP contribution in [0.2, 0.25) is 0 Å². The topological polar surface area (TPSA) is 54.4 Å². The summed E-state index contributed by atoms with van der Waals surface area (Å²) in [6, 6.07) is 3.68. The summed E-state index contributed by atoms with van der Waals surface area (Å²) < 4.78 is 13.6. The first-order valence-electron chi connectivity index (χ1n) is 3.51. The number of carboxylic acid groups (broad SMARTS) is 1. The molecule has 0 saturated carbocycles. The molecule has 6 heteroatoms. The molecular formula is C8H5I3O3. The largest absolute Gasteiger partial charge is 0.481 e. The number of carboxylic acids is 1. The normalized spacial score (nSPS) is 10.1. The summed E-state index contributed by atoms with van der Waals surface area (Å²) >= 11 is 2.91. The molecule has 0 bridgehead atoms. The maximum Gasteiger partial charge on any atom is 0.307 e. The number of hydrogen-bond donors (Lipinski definition) is 1. The van der Waals surface area contributed by atoms with Gasteiger partial charge in [-0.3, -0.25) is 7.86 Å². The lowest BCUT2D eigenvalue weighted by atomic mass is 10.2. The first kappa shape index (κ1) is 12.7. The third-order valence-electron chi connectivity index (χ3n) is 1.49. The first-order chi connectivity index (χ1) is 6.54. The van der Waals surface area contributed by atoms with Crippen LogP contribution in [0.3, 0.4) is 0 Å². The number of rotatable bonds is 3. The number of carbonyl (C=O) groups is 1. The second-order valence-corrected chi connectivity index (χ2v) is 6.44. The highest BCUT2D eigenvalue weighted by molar-refractivity contribution is 14.2. The van der Waals surface area contributed by atoms with Crippen molar-refractivity contribution in [3.05, 3.63) is 28.4 Å². The van der Waals surface area contributed by atoms with Crippen molar-refractivity contribution in [2.75, 3.05) is 0 Å². The molecule has 3 nitrogen and oxygen atoms in total. The minimum absolute atomic E-state index is 0.0515. The summed E-state index contributed by atoms with van der Waals surface area (Å²) in [4.78, 5) is 10.6. The maximum atomic E-state index is 11.0. The molecule has 76 valence electrons. The van der Waals surface area contributed by atoms with Crippen molar-refractivity contribution in [3.63, 3.8) is 0 Å². The van der Waals surface area contributed by atoms with Crippen LogP contribution in [-0.2, 0) is 14.3 Å². The smallest absolute Gasteiger partial charge is 0.307 e. The van der Waals surface area contributed by atoms with E-state index in [1.807, 2.05) is 6.07 Å². The van der Waals surface area contributed by atoms with Crippen molar-refractivity contribution in [1.29, 1.82) is 0 Å². The van der Waals surface area contributed by atoms with Crippen LogP contribution in [0.5, 0.6) is 0 Å². The van der Waals surface area contributed by atoms with Crippen LogP contribution in [0.15, 0.2) is 12.1 Å². The molecular weight excluding hydrogens is 525 g/mol. The van der Waals surface area contributed by atoms with Crippen molar-refractivity contribution < 1.29 is 13.0 Å². The van der Waals surface area contributed by atoms with Gasteiger partial charge in [-0.15, -0.1) is 0 Å². The Labute approximate surface area is 119 Å². The summed E-state index contributed by atoms with van der Waals surface area (Å²) in [6.07, 6.45) is -0.0515. The molecule has 0 aliphatic heterocycles. The Morgan fingerprint density at radius 3 is 2.57 bits per heavy atom. The quantitative estimate of drug-likeness (QED) is 0.484. The molecule has 0 aromatic heterocycles. The van der Waals surface area contributed by atoms with E-state index in [2.05, 4.69) is 45.2 Å². The molecule has 0 atom stereocenters. The van der Waals surface area contributed by atoms with Crippen molar-refractivity contribution in [1.82, 2.24) is 0 Å². The van der Waals surface area contributed by atoms with Crippen LogP contribution in [0.4, 0.5) is 0 Å². The highest BCUT2D eigenvalue weighted by Gasteiger charge is 2.11. The molecule has 0 spiro atoms. The molecule has 1 N–H and O–H groups in total. The molecule has 0 aliphatic carbocycles. The Morgan fingerprint density at radius 1 is 1.43 bits per heavy atom. The molecule has 1 rings (SSSR count). The summed E-state index contributed by atoms with van der Waals surface area (Å²) in [5, 5.41) is 8.67. The lowest BCUT2D eigenvalue weighted by molar-refractivity contribution is -0.136. The zero-order chi connectivity index (χ0) is 10.7. The Bertz CT molecular complexity index is 390. The molecule has 0 heterocycles. The second-order valence-electron chi connectivity index (χ2n) is 2.51. The summed E-state index contributed by atoms with van der Waals surface area (Å²) in [5.41, 5.74) is 0.677. The van der Waals surface area contributed by atoms with Gasteiger partial charge < -0.3 is 5.11 Å². The zero-order valence-corrected chi connectivity index (χ0v) is 13.2. The lowest BCUT2D eigenvalue weighted by Gasteiger charge is -2.04. The van der Waals surface area contributed by atoms with Gasteiger partial charge in [0.1, 0.15) is 0 Å². The van der Waals surface area contributed by atoms with E-state index in [-0.39, 0.29) is 6.42 Å². The van der Waals surface area contributed by atoms with Gasteiger partial charge in [-0.1, -0.05) is 0 Å². The molecule has 0 aliphatic rings. The van der Waals surface area contributed by atoms with E-state index in [4.69, 9.17) is 5.11 Å². The lowest BCUT2D eigenvalue weighted by Crippen LogP contribution is -2.03. The summed E-state index contributed by atoms with van der Waals surface area (Å²) in [6.45, 7) is 0. The minimum atomic E-state index is -1.30. The fourth-order valence-electron chi connectivity index (χ4n) is 0.987. The number of aliphatic carboxylic acids is 1. The fourth-order valence-corrected chi connectivity index (χ4v) is 4.51. The molecule has 14 heavy (non-hydrogen) atoms. The third-order valence-corrected chi connectivity index (χ3v) is 5.71. The average Bonchev–Trinajstić information content (AvgIpc) is 2.01. The maximum absolute atomic E-state index is 11.0. The number of benzene rings is 1. The van der Waals surface area contributed by atoms with Gasteiger partial charge in [0.15, 0.2) is 21.2 Å². The number of hydrogen-bond acceptors (Lipinski definition) is 2. The van der Waals surface area contributed by atoms with Gasteiger partial charge in [-0.2, -0.15) is 0 Å². The van der Waals surface area contributed by atoms with Crippen LogP contribution in [0.25, 0.3) is 0 Å². The highest BCUT2D eigenvalue weighted by atomic mass is 127. The van der Waals surface area contributed by atoms with Gasteiger partial charge in [-0.25, -0.2) is 0 Å². The van der Waals surface area contributed by atoms with E-state index in [1.54, 1.807) is 6.07 Å². The van der Waals surface area contributed by atoms with Gasteiger partial charge in [0, 0.05) is 7.14 Å². The van der Waals surface area contributed by atoms with Gasteiger partial charge in [0.05, 0.1) is 9.99 Å². The molecule has 1 aromatic rings. The Morgan fingerprint density at radius 2 is 2.07 bits per heavy atom. The standard InChI is InChI=1S/C8H5I3O3/c9-5-1-4(2-7(12)13)8(11-14)6(10)3-5/h1,3H,2H2,(H,12,13). The molecule has 0 fully saturated rings.